The molecule has 0 saturated heterocycles. The topological polar surface area (TPSA) is 16.6 Å². The third-order valence-electron chi connectivity index (χ3n) is 1.56. The quantitative estimate of drug-likeness (QED) is 0.787. The van der Waals surface area contributed by atoms with Gasteiger partial charge in [-0.25, -0.2) is 0 Å². The lowest BCUT2D eigenvalue weighted by atomic mass is 10.2. The number of quaternary nitrogens is 1. The summed E-state index contributed by atoms with van der Waals surface area (Å²) in [5.41, 5.74) is 1.38. The molecule has 0 radical (unpaired) electrons. The van der Waals surface area contributed by atoms with Crippen molar-refractivity contribution in [1.82, 2.24) is 0 Å². The molecule has 60 valence electrons. The number of rotatable bonds is 3. The Balaban J connectivity index is 2.56. The molecule has 0 saturated carbocycles. The molecule has 0 amide bonds. The minimum absolute atomic E-state index is 1.08. The molecule has 0 aliphatic carbocycles. The molecule has 1 rings (SSSR count). The van der Waals surface area contributed by atoms with Crippen molar-refractivity contribution < 1.29 is 5.32 Å². The number of nitrogens with two attached hydrogens (primary N) is 1. The fourth-order valence-corrected chi connectivity index (χ4v) is 1.42. The average molecular weight is 215 g/mol. The highest BCUT2D eigenvalue weighted by Crippen LogP contribution is 2.10. The zero-order valence-electron chi connectivity index (χ0n) is 6.68. The van der Waals surface area contributed by atoms with Crippen molar-refractivity contribution in [1.29, 1.82) is 0 Å². The Bertz CT molecular complexity index is 223. The Labute approximate surface area is 75.9 Å². The minimum atomic E-state index is 1.08. The fraction of sp³-hybridized carbons (Fsp3) is 0.333. The van der Waals surface area contributed by atoms with Crippen LogP contribution in [-0.2, 0) is 6.54 Å². The lowest BCUT2D eigenvalue weighted by Gasteiger charge is -1.98. The summed E-state index contributed by atoms with van der Waals surface area (Å²) in [5.74, 6) is 0. The van der Waals surface area contributed by atoms with Crippen LogP contribution >= 0.6 is 15.9 Å². The van der Waals surface area contributed by atoms with Gasteiger partial charge in [-0.3, -0.25) is 0 Å². The molecule has 0 aromatic heterocycles. The van der Waals surface area contributed by atoms with E-state index < -0.39 is 0 Å². The van der Waals surface area contributed by atoms with Crippen LogP contribution in [-0.4, -0.2) is 6.54 Å². The summed E-state index contributed by atoms with van der Waals surface area (Å²) in [5, 5.41) is 2.28. The van der Waals surface area contributed by atoms with Crippen molar-refractivity contribution in [3.05, 3.63) is 34.3 Å². The van der Waals surface area contributed by atoms with Gasteiger partial charge in [-0.05, 0) is 19.1 Å². The molecule has 11 heavy (non-hydrogen) atoms. The first-order chi connectivity index (χ1) is 5.33. The summed E-state index contributed by atoms with van der Waals surface area (Å²) >= 11 is 3.44. The van der Waals surface area contributed by atoms with Gasteiger partial charge in [0.15, 0.2) is 0 Å². The van der Waals surface area contributed by atoms with Crippen molar-refractivity contribution in [2.75, 3.05) is 6.54 Å². The monoisotopic (exact) mass is 214 g/mol. The number of benzene rings is 1. The Morgan fingerprint density at radius 1 is 1.45 bits per heavy atom. The van der Waals surface area contributed by atoms with Crippen molar-refractivity contribution >= 4 is 15.9 Å². The molecule has 0 bridgehead atoms. The zero-order valence-corrected chi connectivity index (χ0v) is 8.26. The van der Waals surface area contributed by atoms with E-state index in [9.17, 15) is 0 Å². The fourth-order valence-electron chi connectivity index (χ4n) is 0.975. The van der Waals surface area contributed by atoms with Crippen LogP contribution in [0.1, 0.15) is 12.5 Å². The summed E-state index contributed by atoms with van der Waals surface area (Å²) in [4.78, 5) is 0. The highest BCUT2D eigenvalue weighted by molar-refractivity contribution is 9.10. The van der Waals surface area contributed by atoms with E-state index in [0.717, 1.165) is 13.1 Å². The van der Waals surface area contributed by atoms with E-state index >= 15 is 0 Å². The Morgan fingerprint density at radius 3 is 2.91 bits per heavy atom. The number of halogens is 1. The van der Waals surface area contributed by atoms with Gasteiger partial charge in [0, 0.05) is 10.0 Å². The van der Waals surface area contributed by atoms with Crippen molar-refractivity contribution in [2.45, 2.75) is 13.5 Å². The molecular weight excluding hydrogens is 202 g/mol. The molecule has 0 heterocycles. The molecule has 0 spiro atoms. The summed E-state index contributed by atoms with van der Waals surface area (Å²) in [7, 11) is 0. The van der Waals surface area contributed by atoms with Gasteiger partial charge < -0.3 is 5.32 Å². The van der Waals surface area contributed by atoms with Gasteiger partial charge >= 0.3 is 0 Å². The average Bonchev–Trinajstić information content (AvgIpc) is 2.01. The Hall–Kier alpha value is -0.340. The van der Waals surface area contributed by atoms with E-state index in [1.807, 2.05) is 0 Å². The second kappa shape index (κ2) is 4.52. The van der Waals surface area contributed by atoms with Gasteiger partial charge in [-0.15, -0.1) is 0 Å². The van der Waals surface area contributed by atoms with Crippen LogP contribution in [0, 0.1) is 0 Å². The SMILES string of the molecule is CC[NH2+]Cc1cccc(Br)c1. The van der Waals surface area contributed by atoms with Crippen LogP contribution in [0.15, 0.2) is 28.7 Å². The van der Waals surface area contributed by atoms with Crippen molar-refractivity contribution in [3.8, 4) is 0 Å². The second-order valence-corrected chi connectivity index (χ2v) is 3.45. The summed E-state index contributed by atoms with van der Waals surface area (Å²) in [6, 6.07) is 8.43. The largest absolute Gasteiger partial charge is 0.343 e. The summed E-state index contributed by atoms with van der Waals surface area (Å²) in [6.45, 7) is 4.39. The van der Waals surface area contributed by atoms with Gasteiger partial charge in [-0.2, -0.15) is 0 Å². The predicted molar refractivity (Wildman–Crippen MR) is 50.3 cm³/mol. The first-order valence-electron chi connectivity index (χ1n) is 3.89. The molecule has 1 aromatic carbocycles. The van der Waals surface area contributed by atoms with Crippen LogP contribution in [0.4, 0.5) is 0 Å². The van der Waals surface area contributed by atoms with E-state index in [-0.39, 0.29) is 0 Å². The van der Waals surface area contributed by atoms with Gasteiger partial charge in [0.2, 0.25) is 0 Å². The highest BCUT2D eigenvalue weighted by Gasteiger charge is 1.93. The molecule has 0 atom stereocenters. The van der Waals surface area contributed by atoms with Crippen LogP contribution in [0.3, 0.4) is 0 Å². The molecule has 1 aromatic rings. The minimum Gasteiger partial charge on any atom is -0.343 e. The maximum Gasteiger partial charge on any atom is 0.101 e. The van der Waals surface area contributed by atoms with E-state index in [1.165, 1.54) is 10.0 Å². The third kappa shape index (κ3) is 3.04. The molecular formula is C9H13BrN+. The van der Waals surface area contributed by atoms with Gasteiger partial charge in [0.1, 0.15) is 6.54 Å². The summed E-state index contributed by atoms with van der Waals surface area (Å²) in [6.07, 6.45) is 0. The molecule has 2 N–H and O–H groups in total. The highest BCUT2D eigenvalue weighted by atomic mass is 79.9. The van der Waals surface area contributed by atoms with E-state index in [4.69, 9.17) is 0 Å². The Morgan fingerprint density at radius 2 is 2.27 bits per heavy atom. The zero-order chi connectivity index (χ0) is 8.10. The van der Waals surface area contributed by atoms with Crippen molar-refractivity contribution in [3.63, 3.8) is 0 Å². The van der Waals surface area contributed by atoms with Crippen LogP contribution in [0.25, 0.3) is 0 Å². The lowest BCUT2D eigenvalue weighted by molar-refractivity contribution is -0.667. The number of hydrogen-bond donors (Lipinski definition) is 1. The molecule has 2 heteroatoms. The van der Waals surface area contributed by atoms with E-state index in [2.05, 4.69) is 52.4 Å². The normalized spacial score (nSPS) is 10.0. The lowest BCUT2D eigenvalue weighted by Crippen LogP contribution is -2.81. The van der Waals surface area contributed by atoms with Crippen LogP contribution in [0.5, 0.6) is 0 Å². The molecule has 0 unspecified atom stereocenters. The van der Waals surface area contributed by atoms with Crippen molar-refractivity contribution in [2.24, 2.45) is 0 Å². The van der Waals surface area contributed by atoms with Crippen LogP contribution < -0.4 is 5.32 Å². The predicted octanol–water partition coefficient (Wildman–Crippen LogP) is 1.53. The molecule has 1 nitrogen and oxygen atoms in total. The van der Waals surface area contributed by atoms with Gasteiger partial charge in [0.05, 0.1) is 6.54 Å². The summed E-state index contributed by atoms with van der Waals surface area (Å²) < 4.78 is 1.17. The van der Waals surface area contributed by atoms with E-state index in [0.29, 0.717) is 0 Å². The van der Waals surface area contributed by atoms with Gasteiger partial charge in [0.25, 0.3) is 0 Å². The molecule has 0 aliphatic heterocycles. The number of hydrogen-bond acceptors (Lipinski definition) is 0. The maximum atomic E-state index is 3.44. The first-order valence-corrected chi connectivity index (χ1v) is 4.68. The van der Waals surface area contributed by atoms with E-state index in [1.54, 1.807) is 0 Å². The Kier molecular flexibility index (Phi) is 3.60. The second-order valence-electron chi connectivity index (χ2n) is 2.53. The molecule has 0 fully saturated rings. The standard InChI is InChI=1S/C9H12BrN/c1-2-11-7-8-4-3-5-9(10)6-8/h3-6,11H,2,7H2,1H3/p+1. The first kappa shape index (κ1) is 8.75. The smallest absolute Gasteiger partial charge is 0.101 e. The third-order valence-corrected chi connectivity index (χ3v) is 2.05. The molecule has 0 aliphatic rings. The maximum absolute atomic E-state index is 3.44. The van der Waals surface area contributed by atoms with Crippen LogP contribution in [0.2, 0.25) is 0 Å². The van der Waals surface area contributed by atoms with Gasteiger partial charge in [-0.1, -0.05) is 28.1 Å².